The normalized spacial score (nSPS) is 19.7. The molecule has 0 aliphatic heterocycles. The molecule has 13 heavy (non-hydrogen) atoms. The van der Waals surface area contributed by atoms with E-state index < -0.39 is 5.60 Å². The average Bonchev–Trinajstić information content (AvgIpc) is 2.55. The van der Waals surface area contributed by atoms with Crippen molar-refractivity contribution in [2.24, 2.45) is 0 Å². The quantitative estimate of drug-likeness (QED) is 0.618. The number of hydrogen-bond donors (Lipinski definition) is 0. The van der Waals surface area contributed by atoms with E-state index >= 15 is 0 Å². The van der Waals surface area contributed by atoms with Crippen LogP contribution in [-0.2, 0) is 9.53 Å². The number of rotatable bonds is 4. The predicted molar refractivity (Wildman–Crippen MR) is 51.3 cm³/mol. The maximum absolute atomic E-state index is 11.7. The zero-order valence-electron chi connectivity index (χ0n) is 8.14. The SMILES string of the molecule is C#CCC(=O)C1(OCC)CCCC1. The highest BCUT2D eigenvalue weighted by Gasteiger charge is 2.40. The van der Waals surface area contributed by atoms with Crippen LogP contribution in [0.25, 0.3) is 0 Å². The van der Waals surface area contributed by atoms with E-state index in [2.05, 4.69) is 5.92 Å². The van der Waals surface area contributed by atoms with Gasteiger partial charge in [-0.15, -0.1) is 6.42 Å². The summed E-state index contributed by atoms with van der Waals surface area (Å²) in [6.07, 6.45) is 9.19. The number of hydrogen-bond acceptors (Lipinski definition) is 2. The molecular formula is C11H16O2. The molecule has 0 aromatic rings. The lowest BCUT2D eigenvalue weighted by Gasteiger charge is -2.26. The number of terminal acetylenes is 1. The Hall–Kier alpha value is -0.810. The van der Waals surface area contributed by atoms with Gasteiger partial charge >= 0.3 is 0 Å². The van der Waals surface area contributed by atoms with E-state index in [0.29, 0.717) is 6.61 Å². The molecule has 1 aliphatic rings. The largest absolute Gasteiger partial charge is 0.367 e. The molecule has 0 unspecified atom stereocenters. The van der Waals surface area contributed by atoms with Gasteiger partial charge < -0.3 is 4.74 Å². The molecule has 0 bridgehead atoms. The lowest BCUT2D eigenvalue weighted by molar-refractivity contribution is -0.142. The van der Waals surface area contributed by atoms with E-state index in [4.69, 9.17) is 11.2 Å². The molecule has 0 atom stereocenters. The van der Waals surface area contributed by atoms with Crippen LogP contribution in [0.4, 0.5) is 0 Å². The smallest absolute Gasteiger partial charge is 0.176 e. The van der Waals surface area contributed by atoms with Gasteiger partial charge in [0.1, 0.15) is 5.60 Å². The van der Waals surface area contributed by atoms with Crippen molar-refractivity contribution in [3.05, 3.63) is 0 Å². The Kier molecular flexibility index (Phi) is 3.50. The zero-order valence-corrected chi connectivity index (χ0v) is 8.14. The summed E-state index contributed by atoms with van der Waals surface area (Å²) in [5.41, 5.74) is -0.527. The molecule has 1 saturated carbocycles. The molecule has 1 aliphatic carbocycles. The van der Waals surface area contributed by atoms with Gasteiger partial charge in [0, 0.05) is 6.61 Å². The molecule has 2 heteroatoms. The van der Waals surface area contributed by atoms with Crippen LogP contribution in [0, 0.1) is 12.3 Å². The second-order valence-electron chi connectivity index (χ2n) is 3.44. The van der Waals surface area contributed by atoms with Gasteiger partial charge in [-0.05, 0) is 32.6 Å². The average molecular weight is 180 g/mol. The second-order valence-corrected chi connectivity index (χ2v) is 3.44. The van der Waals surface area contributed by atoms with Crippen molar-refractivity contribution in [3.63, 3.8) is 0 Å². The van der Waals surface area contributed by atoms with Gasteiger partial charge in [0.05, 0.1) is 6.42 Å². The fourth-order valence-electron chi connectivity index (χ4n) is 1.98. The Morgan fingerprint density at radius 1 is 1.54 bits per heavy atom. The summed E-state index contributed by atoms with van der Waals surface area (Å²) in [5, 5.41) is 0. The van der Waals surface area contributed by atoms with E-state index in [1.54, 1.807) is 0 Å². The molecule has 0 aromatic heterocycles. The van der Waals surface area contributed by atoms with Crippen LogP contribution in [0.1, 0.15) is 39.0 Å². The third-order valence-electron chi connectivity index (χ3n) is 2.60. The predicted octanol–water partition coefficient (Wildman–Crippen LogP) is 1.93. The summed E-state index contributed by atoms with van der Waals surface area (Å²) in [6.45, 7) is 2.51. The molecule has 2 nitrogen and oxygen atoms in total. The van der Waals surface area contributed by atoms with Crippen LogP contribution in [0.3, 0.4) is 0 Å². The first-order valence-corrected chi connectivity index (χ1v) is 4.86. The molecule has 1 fully saturated rings. The van der Waals surface area contributed by atoms with Crippen molar-refractivity contribution >= 4 is 5.78 Å². The molecule has 0 amide bonds. The molecule has 0 spiro atoms. The topological polar surface area (TPSA) is 26.3 Å². The molecular weight excluding hydrogens is 164 g/mol. The van der Waals surface area contributed by atoms with Crippen molar-refractivity contribution in [2.75, 3.05) is 6.61 Å². The second kappa shape index (κ2) is 4.43. The number of ketones is 1. The minimum absolute atomic E-state index is 0.0920. The lowest BCUT2D eigenvalue weighted by atomic mass is 9.94. The van der Waals surface area contributed by atoms with Crippen molar-refractivity contribution in [1.82, 2.24) is 0 Å². The molecule has 0 saturated heterocycles. The molecule has 1 rings (SSSR count). The van der Waals surface area contributed by atoms with Crippen LogP contribution >= 0.6 is 0 Å². The summed E-state index contributed by atoms with van der Waals surface area (Å²) in [6, 6.07) is 0. The van der Waals surface area contributed by atoms with Gasteiger partial charge in [-0.1, -0.05) is 5.92 Å². The Labute approximate surface area is 79.7 Å². The monoisotopic (exact) mass is 180 g/mol. The number of carbonyl (C=O) groups excluding carboxylic acids is 1. The third-order valence-corrected chi connectivity index (χ3v) is 2.60. The fourth-order valence-corrected chi connectivity index (χ4v) is 1.98. The highest BCUT2D eigenvalue weighted by Crippen LogP contribution is 2.34. The Morgan fingerprint density at radius 2 is 2.15 bits per heavy atom. The lowest BCUT2D eigenvalue weighted by Crippen LogP contribution is -2.38. The van der Waals surface area contributed by atoms with E-state index in [-0.39, 0.29) is 12.2 Å². The van der Waals surface area contributed by atoms with E-state index in [9.17, 15) is 4.79 Å². The van der Waals surface area contributed by atoms with Gasteiger partial charge in [-0.2, -0.15) is 0 Å². The summed E-state index contributed by atoms with van der Waals surface area (Å²) in [7, 11) is 0. The summed E-state index contributed by atoms with van der Waals surface area (Å²) >= 11 is 0. The van der Waals surface area contributed by atoms with Gasteiger partial charge in [0.2, 0.25) is 0 Å². The Bertz CT molecular complexity index is 219. The van der Waals surface area contributed by atoms with E-state index in [1.807, 2.05) is 6.92 Å². The Morgan fingerprint density at radius 3 is 2.62 bits per heavy atom. The number of ether oxygens (including phenoxy) is 1. The summed E-state index contributed by atoms with van der Waals surface area (Å²) in [4.78, 5) is 11.7. The van der Waals surface area contributed by atoms with Crippen molar-refractivity contribution in [1.29, 1.82) is 0 Å². The molecule has 0 aromatic carbocycles. The Balaban J connectivity index is 2.66. The van der Waals surface area contributed by atoms with Crippen LogP contribution < -0.4 is 0 Å². The van der Waals surface area contributed by atoms with Gasteiger partial charge in [0.25, 0.3) is 0 Å². The number of carbonyl (C=O) groups is 1. The maximum atomic E-state index is 11.7. The maximum Gasteiger partial charge on any atom is 0.176 e. The minimum Gasteiger partial charge on any atom is -0.367 e. The summed E-state index contributed by atoms with van der Waals surface area (Å²) in [5.74, 6) is 2.49. The molecule has 72 valence electrons. The summed E-state index contributed by atoms with van der Waals surface area (Å²) < 4.78 is 5.56. The molecule has 0 radical (unpaired) electrons. The van der Waals surface area contributed by atoms with Gasteiger partial charge in [0.15, 0.2) is 5.78 Å². The van der Waals surface area contributed by atoms with Gasteiger partial charge in [-0.3, -0.25) is 4.79 Å². The van der Waals surface area contributed by atoms with Crippen molar-refractivity contribution in [3.8, 4) is 12.3 Å². The highest BCUT2D eigenvalue weighted by atomic mass is 16.5. The van der Waals surface area contributed by atoms with E-state index in [1.165, 1.54) is 0 Å². The van der Waals surface area contributed by atoms with Crippen molar-refractivity contribution in [2.45, 2.75) is 44.6 Å². The standard InChI is InChI=1S/C11H16O2/c1-3-7-10(12)11(13-4-2)8-5-6-9-11/h1H,4-9H2,2H3. The highest BCUT2D eigenvalue weighted by molar-refractivity contribution is 5.89. The first-order valence-electron chi connectivity index (χ1n) is 4.86. The number of Topliss-reactive ketones (excluding diaryl/α,β-unsaturated/α-hetero) is 1. The van der Waals surface area contributed by atoms with Crippen LogP contribution in [0.15, 0.2) is 0 Å². The minimum atomic E-state index is -0.527. The van der Waals surface area contributed by atoms with Crippen LogP contribution in [0.2, 0.25) is 0 Å². The molecule has 0 heterocycles. The van der Waals surface area contributed by atoms with E-state index in [0.717, 1.165) is 25.7 Å². The third kappa shape index (κ3) is 2.10. The van der Waals surface area contributed by atoms with Gasteiger partial charge in [-0.25, -0.2) is 0 Å². The first-order chi connectivity index (χ1) is 6.25. The van der Waals surface area contributed by atoms with Crippen LogP contribution in [-0.4, -0.2) is 18.0 Å². The zero-order chi connectivity index (χ0) is 9.73. The van der Waals surface area contributed by atoms with Crippen LogP contribution in [0.5, 0.6) is 0 Å². The first kappa shape index (κ1) is 10.3. The van der Waals surface area contributed by atoms with Crippen molar-refractivity contribution < 1.29 is 9.53 Å². The molecule has 0 N–H and O–H groups in total. The fraction of sp³-hybridized carbons (Fsp3) is 0.727.